The first kappa shape index (κ1) is 22.1. The first-order valence-electron chi connectivity index (χ1n) is 8.38. The molecule has 0 saturated carbocycles. The number of unbranched alkanes of at least 4 members (excludes halogenated alkanes) is 2. The largest absolute Gasteiger partial charge is 0.463 e. The second kappa shape index (κ2) is 11.6. The summed E-state index contributed by atoms with van der Waals surface area (Å²) in [5.41, 5.74) is 0. The summed E-state index contributed by atoms with van der Waals surface area (Å²) in [7, 11) is 0. The summed E-state index contributed by atoms with van der Waals surface area (Å²) >= 11 is 17.6. The van der Waals surface area contributed by atoms with Crippen LogP contribution in [-0.4, -0.2) is 18.0 Å². The van der Waals surface area contributed by atoms with Crippen molar-refractivity contribution in [3.8, 4) is 5.75 Å². The average Bonchev–Trinajstić information content (AvgIpc) is 2.52. The highest BCUT2D eigenvalue weighted by atomic mass is 35.5. The van der Waals surface area contributed by atoms with E-state index >= 15 is 0 Å². The Balaban J connectivity index is 2.30. The molecule has 1 atom stereocenters. The van der Waals surface area contributed by atoms with E-state index in [1.807, 2.05) is 6.92 Å². The van der Waals surface area contributed by atoms with Crippen LogP contribution < -0.4 is 4.74 Å². The third kappa shape index (κ3) is 8.80. The van der Waals surface area contributed by atoms with E-state index in [-0.39, 0.29) is 45.7 Å². The number of esters is 2. The topological polar surface area (TPSA) is 52.6 Å². The summed E-state index contributed by atoms with van der Waals surface area (Å²) in [6.45, 7) is 4.01. The lowest BCUT2D eigenvalue weighted by atomic mass is 10.1. The predicted octanol–water partition coefficient (Wildman–Crippen LogP) is 6.23. The third-order valence-electron chi connectivity index (χ3n) is 3.51. The van der Waals surface area contributed by atoms with Crippen LogP contribution in [0.3, 0.4) is 0 Å². The molecule has 0 bridgehead atoms. The fraction of sp³-hybridized carbons (Fsp3) is 0.556. The molecule has 0 amide bonds. The van der Waals surface area contributed by atoms with Crippen LogP contribution in [-0.2, 0) is 14.3 Å². The molecular formula is C18H23Cl3O4. The lowest BCUT2D eigenvalue weighted by Gasteiger charge is -2.13. The zero-order valence-electron chi connectivity index (χ0n) is 14.4. The van der Waals surface area contributed by atoms with Gasteiger partial charge in [-0.15, -0.1) is 0 Å². The maximum atomic E-state index is 11.8. The first-order chi connectivity index (χ1) is 11.8. The minimum absolute atomic E-state index is 0.0793. The average molecular weight is 410 g/mol. The molecule has 0 heterocycles. The van der Waals surface area contributed by atoms with E-state index in [0.717, 1.165) is 25.7 Å². The Bertz CT molecular complexity index is 590. The normalized spacial score (nSPS) is 11.9. The van der Waals surface area contributed by atoms with Crippen molar-refractivity contribution in [3.05, 3.63) is 27.2 Å². The summed E-state index contributed by atoms with van der Waals surface area (Å²) in [6.07, 6.45) is 4.66. The Morgan fingerprint density at radius 3 is 2.28 bits per heavy atom. The second-order valence-electron chi connectivity index (χ2n) is 5.82. The fourth-order valence-corrected chi connectivity index (χ4v) is 2.73. The third-order valence-corrected chi connectivity index (χ3v) is 4.52. The summed E-state index contributed by atoms with van der Waals surface area (Å²) in [4.78, 5) is 23.6. The molecule has 0 aromatic heterocycles. The van der Waals surface area contributed by atoms with Gasteiger partial charge in [0.25, 0.3) is 0 Å². The Labute approximate surface area is 163 Å². The van der Waals surface area contributed by atoms with Crippen LogP contribution in [0.2, 0.25) is 15.1 Å². The van der Waals surface area contributed by atoms with E-state index in [4.69, 9.17) is 44.3 Å². The van der Waals surface area contributed by atoms with Gasteiger partial charge in [-0.1, -0.05) is 54.6 Å². The number of halogens is 3. The van der Waals surface area contributed by atoms with Crippen molar-refractivity contribution < 1.29 is 19.1 Å². The molecular weight excluding hydrogens is 387 g/mol. The highest BCUT2D eigenvalue weighted by Crippen LogP contribution is 2.34. The van der Waals surface area contributed by atoms with Crippen molar-refractivity contribution in [1.82, 2.24) is 0 Å². The van der Waals surface area contributed by atoms with E-state index in [0.29, 0.717) is 6.42 Å². The van der Waals surface area contributed by atoms with Crippen molar-refractivity contribution in [2.75, 3.05) is 0 Å². The second-order valence-corrected chi connectivity index (χ2v) is 7.04. The molecule has 0 aliphatic rings. The highest BCUT2D eigenvalue weighted by Gasteiger charge is 2.14. The van der Waals surface area contributed by atoms with E-state index in [9.17, 15) is 9.59 Å². The maximum absolute atomic E-state index is 11.8. The van der Waals surface area contributed by atoms with Gasteiger partial charge in [-0.3, -0.25) is 9.59 Å². The van der Waals surface area contributed by atoms with Crippen molar-refractivity contribution in [2.24, 2.45) is 0 Å². The van der Waals surface area contributed by atoms with Crippen molar-refractivity contribution >= 4 is 46.7 Å². The molecule has 0 N–H and O–H groups in total. The molecule has 1 aromatic rings. The van der Waals surface area contributed by atoms with E-state index < -0.39 is 5.97 Å². The van der Waals surface area contributed by atoms with E-state index in [1.165, 1.54) is 12.1 Å². The highest BCUT2D eigenvalue weighted by molar-refractivity contribution is 6.43. The molecule has 140 valence electrons. The van der Waals surface area contributed by atoms with Gasteiger partial charge in [-0.2, -0.15) is 0 Å². The van der Waals surface area contributed by atoms with Crippen LogP contribution in [0.25, 0.3) is 0 Å². The maximum Gasteiger partial charge on any atom is 0.311 e. The number of rotatable bonds is 10. The van der Waals surface area contributed by atoms with Gasteiger partial charge in [-0.05, 0) is 32.3 Å². The Kier molecular flexibility index (Phi) is 10.2. The smallest absolute Gasteiger partial charge is 0.311 e. The van der Waals surface area contributed by atoms with Crippen LogP contribution in [0.4, 0.5) is 0 Å². The SMILES string of the molecule is CCCCCC(C)OC(=O)CCCC(=O)Oc1cc(Cl)c(Cl)cc1Cl. The molecule has 4 nitrogen and oxygen atoms in total. The quantitative estimate of drug-likeness (QED) is 0.199. The van der Waals surface area contributed by atoms with Gasteiger partial charge in [0, 0.05) is 18.9 Å². The number of hydrogen-bond donors (Lipinski definition) is 0. The molecule has 7 heteroatoms. The summed E-state index contributed by atoms with van der Waals surface area (Å²) in [5, 5.41) is 0.722. The van der Waals surface area contributed by atoms with Crippen LogP contribution in [0, 0.1) is 0 Å². The number of ether oxygens (including phenoxy) is 2. The summed E-state index contributed by atoms with van der Waals surface area (Å²) < 4.78 is 10.4. The first-order valence-corrected chi connectivity index (χ1v) is 9.51. The predicted molar refractivity (Wildman–Crippen MR) is 101 cm³/mol. The van der Waals surface area contributed by atoms with Gasteiger partial charge < -0.3 is 9.47 Å². The van der Waals surface area contributed by atoms with Crippen LogP contribution in [0.5, 0.6) is 5.75 Å². The minimum atomic E-state index is -0.496. The lowest BCUT2D eigenvalue weighted by Crippen LogP contribution is -2.15. The van der Waals surface area contributed by atoms with Gasteiger partial charge in [0.05, 0.1) is 21.2 Å². The molecule has 0 aliphatic carbocycles. The van der Waals surface area contributed by atoms with Crippen LogP contribution >= 0.6 is 34.8 Å². The molecule has 1 aromatic carbocycles. The van der Waals surface area contributed by atoms with Gasteiger partial charge in [0.15, 0.2) is 5.75 Å². The molecule has 25 heavy (non-hydrogen) atoms. The van der Waals surface area contributed by atoms with Crippen molar-refractivity contribution in [2.45, 2.75) is 64.9 Å². The fourth-order valence-electron chi connectivity index (χ4n) is 2.16. The lowest BCUT2D eigenvalue weighted by molar-refractivity contribution is -0.148. The van der Waals surface area contributed by atoms with Crippen LogP contribution in [0.1, 0.15) is 58.8 Å². The number of carbonyl (C=O) groups excluding carboxylic acids is 2. The number of carbonyl (C=O) groups is 2. The molecule has 0 saturated heterocycles. The number of benzene rings is 1. The summed E-state index contributed by atoms with van der Waals surface area (Å²) in [5.74, 6) is -0.651. The Morgan fingerprint density at radius 1 is 0.960 bits per heavy atom. The standard InChI is InChI=1S/C18H23Cl3O4/c1-3-4-5-7-12(2)24-17(22)8-6-9-18(23)25-16-11-14(20)13(19)10-15(16)21/h10-12H,3-9H2,1-2H3. The minimum Gasteiger partial charge on any atom is -0.463 e. The molecule has 0 fully saturated rings. The van der Waals surface area contributed by atoms with Crippen molar-refractivity contribution in [3.63, 3.8) is 0 Å². The molecule has 1 unspecified atom stereocenters. The van der Waals surface area contributed by atoms with E-state index in [1.54, 1.807) is 0 Å². The Morgan fingerprint density at radius 2 is 1.60 bits per heavy atom. The van der Waals surface area contributed by atoms with Gasteiger partial charge in [0.2, 0.25) is 0 Å². The summed E-state index contributed by atoms with van der Waals surface area (Å²) in [6, 6.07) is 2.79. The van der Waals surface area contributed by atoms with Gasteiger partial charge >= 0.3 is 11.9 Å². The van der Waals surface area contributed by atoms with E-state index in [2.05, 4.69) is 6.92 Å². The van der Waals surface area contributed by atoms with Gasteiger partial charge in [-0.25, -0.2) is 0 Å². The van der Waals surface area contributed by atoms with Crippen LogP contribution in [0.15, 0.2) is 12.1 Å². The molecule has 0 radical (unpaired) electrons. The molecule has 1 rings (SSSR count). The van der Waals surface area contributed by atoms with Gasteiger partial charge in [0.1, 0.15) is 0 Å². The zero-order valence-corrected chi connectivity index (χ0v) is 16.7. The zero-order chi connectivity index (χ0) is 18.8. The monoisotopic (exact) mass is 408 g/mol. The molecule has 0 aliphatic heterocycles. The Hall–Kier alpha value is -0.970. The molecule has 0 spiro atoms. The number of hydrogen-bond acceptors (Lipinski definition) is 4. The van der Waals surface area contributed by atoms with Crippen molar-refractivity contribution in [1.29, 1.82) is 0 Å².